The molecule has 7 heteroatoms. The van der Waals surface area contributed by atoms with E-state index in [1.807, 2.05) is 17.8 Å². The molecule has 124 valence electrons. The van der Waals surface area contributed by atoms with Crippen molar-refractivity contribution in [2.45, 2.75) is 12.6 Å². The van der Waals surface area contributed by atoms with Gasteiger partial charge in [-0.3, -0.25) is 9.69 Å². The molecular weight excluding hydrogens is 298 g/mol. The molecule has 0 spiro atoms. The van der Waals surface area contributed by atoms with Crippen LogP contribution in [0, 0.1) is 0 Å². The smallest absolute Gasteiger partial charge is 0.325 e. The molecule has 0 radical (unpaired) electrons. The highest BCUT2D eigenvalue weighted by Gasteiger charge is 2.29. The van der Waals surface area contributed by atoms with E-state index in [9.17, 15) is 9.90 Å². The predicted molar refractivity (Wildman–Crippen MR) is 84.6 cm³/mol. The Labute approximate surface area is 135 Å². The highest BCUT2D eigenvalue weighted by molar-refractivity contribution is 5.77. The van der Waals surface area contributed by atoms with Crippen LogP contribution in [0.25, 0.3) is 0 Å². The van der Waals surface area contributed by atoms with E-state index >= 15 is 0 Å². The summed E-state index contributed by atoms with van der Waals surface area (Å²) in [6.45, 7) is 0.390. The fourth-order valence-electron chi connectivity index (χ4n) is 2.55. The first-order chi connectivity index (χ1) is 11.0. The summed E-state index contributed by atoms with van der Waals surface area (Å²) in [5, 5.41) is 9.71. The highest BCUT2D eigenvalue weighted by Crippen LogP contribution is 2.37. The number of ether oxygens (including phenoxy) is 2. The Balaban J connectivity index is 2.39. The number of likely N-dealkylation sites (N-methyl/N-ethyl adjacent to an activating group) is 1. The maximum Gasteiger partial charge on any atom is 0.325 e. The zero-order valence-electron chi connectivity index (χ0n) is 13.7. The molecule has 0 unspecified atom stereocenters. The molecule has 2 aromatic rings. The predicted octanol–water partition coefficient (Wildman–Crippen LogP) is 1.69. The van der Waals surface area contributed by atoms with Crippen LogP contribution >= 0.6 is 0 Å². The molecule has 7 nitrogen and oxygen atoms in total. The lowest BCUT2D eigenvalue weighted by atomic mass is 10.0. The van der Waals surface area contributed by atoms with Gasteiger partial charge >= 0.3 is 5.97 Å². The van der Waals surface area contributed by atoms with Crippen molar-refractivity contribution >= 4 is 5.97 Å². The van der Waals surface area contributed by atoms with Crippen LogP contribution in [-0.4, -0.2) is 46.8 Å². The topological polar surface area (TPSA) is 76.8 Å². The van der Waals surface area contributed by atoms with Crippen molar-refractivity contribution in [2.24, 2.45) is 7.05 Å². The number of methoxy groups -OCH3 is 2. The molecule has 23 heavy (non-hydrogen) atoms. The average Bonchev–Trinajstić information content (AvgIpc) is 2.91. The second-order valence-corrected chi connectivity index (χ2v) is 5.19. The molecule has 0 saturated carbocycles. The summed E-state index contributed by atoms with van der Waals surface area (Å²) in [6, 6.07) is 4.34. The maximum atomic E-state index is 11.9. The Kier molecular flexibility index (Phi) is 5.23. The van der Waals surface area contributed by atoms with Crippen LogP contribution in [-0.2, 0) is 18.4 Å². The second-order valence-electron chi connectivity index (χ2n) is 5.19. The normalized spacial score (nSPS) is 12.2. The molecule has 2 rings (SSSR count). The Morgan fingerprint density at radius 3 is 2.65 bits per heavy atom. The van der Waals surface area contributed by atoms with E-state index in [4.69, 9.17) is 9.47 Å². The van der Waals surface area contributed by atoms with Crippen LogP contribution in [0.4, 0.5) is 0 Å². The molecule has 0 bridgehead atoms. The van der Waals surface area contributed by atoms with E-state index in [1.165, 1.54) is 14.2 Å². The summed E-state index contributed by atoms with van der Waals surface area (Å²) in [6.07, 6.45) is 3.51. The van der Waals surface area contributed by atoms with Gasteiger partial charge in [-0.1, -0.05) is 12.1 Å². The first-order valence-corrected chi connectivity index (χ1v) is 7.09. The third-order valence-corrected chi connectivity index (χ3v) is 3.71. The maximum absolute atomic E-state index is 11.9. The van der Waals surface area contributed by atoms with Crippen molar-refractivity contribution in [3.63, 3.8) is 0 Å². The number of carboxylic acids is 1. The van der Waals surface area contributed by atoms with Crippen LogP contribution in [0.15, 0.2) is 30.6 Å². The summed E-state index contributed by atoms with van der Waals surface area (Å²) in [5.74, 6) is 0.740. The van der Waals surface area contributed by atoms with Gasteiger partial charge in [0.15, 0.2) is 11.5 Å². The number of aromatic nitrogens is 2. The van der Waals surface area contributed by atoms with Gasteiger partial charge in [0.05, 0.1) is 20.8 Å². The molecule has 1 atom stereocenters. The SMILES string of the molecule is COc1cccc([C@H](C(=O)O)N(C)Cc2nccn2C)c1OC. The zero-order valence-corrected chi connectivity index (χ0v) is 13.7. The number of aryl methyl sites for hydroxylation is 1. The minimum absolute atomic E-state index is 0.390. The number of imidazole rings is 1. The number of aliphatic carboxylic acids is 1. The van der Waals surface area contributed by atoms with E-state index in [0.29, 0.717) is 23.6 Å². The Morgan fingerprint density at radius 1 is 1.39 bits per heavy atom. The van der Waals surface area contributed by atoms with E-state index in [2.05, 4.69) is 4.98 Å². The van der Waals surface area contributed by atoms with Crippen LogP contribution in [0.1, 0.15) is 17.4 Å². The molecule has 1 aromatic carbocycles. The van der Waals surface area contributed by atoms with Gasteiger partial charge in [-0.25, -0.2) is 4.98 Å². The summed E-state index contributed by atoms with van der Waals surface area (Å²) in [4.78, 5) is 17.8. The van der Waals surface area contributed by atoms with Crippen molar-refractivity contribution in [2.75, 3.05) is 21.3 Å². The Morgan fingerprint density at radius 2 is 2.13 bits per heavy atom. The van der Waals surface area contributed by atoms with Crippen molar-refractivity contribution in [1.29, 1.82) is 0 Å². The largest absolute Gasteiger partial charge is 0.493 e. The lowest BCUT2D eigenvalue weighted by Gasteiger charge is -2.26. The number of carboxylic acid groups (broad SMARTS) is 1. The van der Waals surface area contributed by atoms with Gasteiger partial charge < -0.3 is 19.1 Å². The Bertz CT molecular complexity index is 684. The third kappa shape index (κ3) is 3.45. The number of nitrogens with zero attached hydrogens (tertiary/aromatic N) is 3. The van der Waals surface area contributed by atoms with Gasteiger partial charge in [0.25, 0.3) is 0 Å². The van der Waals surface area contributed by atoms with Gasteiger partial charge in [-0.2, -0.15) is 0 Å². The average molecular weight is 319 g/mol. The van der Waals surface area contributed by atoms with Crippen molar-refractivity contribution in [1.82, 2.24) is 14.5 Å². The molecule has 1 N–H and O–H groups in total. The standard InChI is InChI=1S/C16H21N3O4/c1-18-9-8-17-13(18)10-19(2)14(16(20)21)11-6-5-7-12(22-3)15(11)23-4/h5-9,14H,10H2,1-4H3,(H,20,21)/t14-/m1/s1. The van der Waals surface area contributed by atoms with Gasteiger partial charge in [-0.15, -0.1) is 0 Å². The second kappa shape index (κ2) is 7.15. The van der Waals surface area contributed by atoms with Gasteiger partial charge in [0.1, 0.15) is 11.9 Å². The molecule has 0 amide bonds. The number of benzene rings is 1. The molecule has 0 saturated heterocycles. The minimum Gasteiger partial charge on any atom is -0.493 e. The van der Waals surface area contributed by atoms with E-state index in [0.717, 1.165) is 5.82 Å². The van der Waals surface area contributed by atoms with Crippen molar-refractivity contribution < 1.29 is 19.4 Å². The number of rotatable bonds is 7. The zero-order chi connectivity index (χ0) is 17.0. The number of para-hydroxylation sites is 1. The highest BCUT2D eigenvalue weighted by atomic mass is 16.5. The van der Waals surface area contributed by atoms with Gasteiger partial charge in [0.2, 0.25) is 0 Å². The van der Waals surface area contributed by atoms with Crippen LogP contribution in [0.5, 0.6) is 11.5 Å². The van der Waals surface area contributed by atoms with Crippen LogP contribution in [0.2, 0.25) is 0 Å². The molecule has 0 aliphatic rings. The summed E-state index contributed by atoms with van der Waals surface area (Å²) >= 11 is 0. The molecule has 0 aliphatic carbocycles. The minimum atomic E-state index is -0.965. The van der Waals surface area contributed by atoms with Gasteiger partial charge in [0, 0.05) is 25.0 Å². The van der Waals surface area contributed by atoms with Crippen LogP contribution < -0.4 is 9.47 Å². The number of hydrogen-bond donors (Lipinski definition) is 1. The van der Waals surface area contributed by atoms with Crippen molar-refractivity contribution in [3.05, 3.63) is 42.0 Å². The third-order valence-electron chi connectivity index (χ3n) is 3.71. The van der Waals surface area contributed by atoms with Crippen molar-refractivity contribution in [3.8, 4) is 11.5 Å². The molecule has 1 aromatic heterocycles. The molecule has 0 fully saturated rings. The molecular formula is C16H21N3O4. The summed E-state index contributed by atoms with van der Waals surface area (Å²) in [5.41, 5.74) is 0.538. The number of carbonyl (C=O) groups is 1. The molecule has 0 aliphatic heterocycles. The van der Waals surface area contributed by atoms with Gasteiger partial charge in [-0.05, 0) is 13.1 Å². The van der Waals surface area contributed by atoms with E-state index < -0.39 is 12.0 Å². The summed E-state index contributed by atoms with van der Waals surface area (Å²) in [7, 11) is 6.64. The Hall–Kier alpha value is -2.54. The summed E-state index contributed by atoms with van der Waals surface area (Å²) < 4.78 is 12.5. The first-order valence-electron chi connectivity index (χ1n) is 7.09. The number of hydrogen-bond acceptors (Lipinski definition) is 5. The van der Waals surface area contributed by atoms with E-state index in [1.54, 1.807) is 36.3 Å². The molecule has 1 heterocycles. The fourth-order valence-corrected chi connectivity index (χ4v) is 2.55. The lowest BCUT2D eigenvalue weighted by Crippen LogP contribution is -2.31. The van der Waals surface area contributed by atoms with E-state index in [-0.39, 0.29) is 0 Å². The first kappa shape index (κ1) is 16.8. The monoisotopic (exact) mass is 319 g/mol. The quantitative estimate of drug-likeness (QED) is 0.837. The van der Waals surface area contributed by atoms with Crippen LogP contribution in [0.3, 0.4) is 0 Å². The fraction of sp³-hybridized carbons (Fsp3) is 0.375. The lowest BCUT2D eigenvalue weighted by molar-refractivity contribution is -0.143.